The number of amides is 1. The van der Waals surface area contributed by atoms with Gasteiger partial charge >= 0.3 is 0 Å². The van der Waals surface area contributed by atoms with Gasteiger partial charge < -0.3 is 5.32 Å². The molecule has 0 fully saturated rings. The monoisotopic (exact) mass is 197 g/mol. The van der Waals surface area contributed by atoms with Crippen molar-refractivity contribution in [2.75, 3.05) is 0 Å². The summed E-state index contributed by atoms with van der Waals surface area (Å²) in [4.78, 5) is 11.5. The van der Waals surface area contributed by atoms with Crippen LogP contribution in [0.2, 0.25) is 0 Å². The van der Waals surface area contributed by atoms with E-state index in [9.17, 15) is 4.79 Å². The van der Waals surface area contributed by atoms with E-state index in [1.54, 1.807) is 6.08 Å². The first kappa shape index (κ1) is 10.4. The van der Waals surface area contributed by atoms with Gasteiger partial charge in [-0.3, -0.25) is 4.79 Å². The highest BCUT2D eigenvalue weighted by atomic mass is 32.1. The van der Waals surface area contributed by atoms with Crippen molar-refractivity contribution in [1.82, 2.24) is 5.32 Å². The van der Waals surface area contributed by atoms with Gasteiger partial charge in [0, 0.05) is 6.08 Å². The van der Waals surface area contributed by atoms with Crippen molar-refractivity contribution in [2.24, 2.45) is 0 Å². The Labute approximate surface area is 84.4 Å². The van der Waals surface area contributed by atoms with Gasteiger partial charge in [0.15, 0.2) is 0 Å². The van der Waals surface area contributed by atoms with E-state index in [2.05, 4.69) is 12.2 Å². The molecule has 0 aromatic heterocycles. The molecule has 0 aromatic carbocycles. The molecule has 0 spiro atoms. The van der Waals surface area contributed by atoms with Crippen LogP contribution in [0.25, 0.3) is 0 Å². The molecule has 1 amide bonds. The molecular weight excluding hydrogens is 182 g/mol. The number of rotatable bonds is 5. The molecule has 1 aliphatic heterocycles. The Kier molecular flexibility index (Phi) is 4.09. The van der Waals surface area contributed by atoms with Crippen LogP contribution in [-0.4, -0.2) is 10.9 Å². The zero-order chi connectivity index (χ0) is 9.68. The molecule has 0 radical (unpaired) electrons. The van der Waals surface area contributed by atoms with Gasteiger partial charge in [-0.2, -0.15) is 0 Å². The maximum Gasteiger partial charge on any atom is 0.249 e. The van der Waals surface area contributed by atoms with E-state index >= 15 is 0 Å². The SMILES string of the molecule is CCCCCCC1=CC(=O)NC1=S. The third kappa shape index (κ3) is 3.27. The number of hydrogen-bond donors (Lipinski definition) is 1. The average molecular weight is 197 g/mol. The maximum atomic E-state index is 10.9. The standard InChI is InChI=1S/C10H15NOS/c1-2-3-4-5-6-8-7-9(12)11-10(8)13/h7H,2-6H2,1H3,(H,11,12,13). The van der Waals surface area contributed by atoms with Crippen molar-refractivity contribution in [2.45, 2.75) is 39.0 Å². The minimum Gasteiger partial charge on any atom is -0.313 e. The van der Waals surface area contributed by atoms with Crippen LogP contribution < -0.4 is 5.32 Å². The third-order valence-corrected chi connectivity index (χ3v) is 2.50. The smallest absolute Gasteiger partial charge is 0.249 e. The van der Waals surface area contributed by atoms with Crippen LogP contribution >= 0.6 is 12.2 Å². The number of unbranched alkanes of at least 4 members (excludes halogenated alkanes) is 3. The van der Waals surface area contributed by atoms with Crippen LogP contribution in [0.5, 0.6) is 0 Å². The second-order valence-electron chi connectivity index (χ2n) is 3.30. The second kappa shape index (κ2) is 5.12. The van der Waals surface area contributed by atoms with Gasteiger partial charge in [0.2, 0.25) is 5.91 Å². The molecule has 2 nitrogen and oxygen atoms in total. The number of hydrogen-bond acceptors (Lipinski definition) is 2. The lowest BCUT2D eigenvalue weighted by atomic mass is 10.1. The Bertz CT molecular complexity index is 245. The molecule has 0 bridgehead atoms. The second-order valence-corrected chi connectivity index (χ2v) is 3.71. The van der Waals surface area contributed by atoms with Gasteiger partial charge in [0.05, 0.1) is 0 Å². The van der Waals surface area contributed by atoms with E-state index in [1.807, 2.05) is 0 Å². The van der Waals surface area contributed by atoms with Gasteiger partial charge in [0.25, 0.3) is 0 Å². The molecule has 3 heteroatoms. The molecule has 0 saturated carbocycles. The molecule has 13 heavy (non-hydrogen) atoms. The first-order valence-corrected chi connectivity index (χ1v) is 5.20. The Balaban J connectivity index is 2.25. The molecule has 0 saturated heterocycles. The summed E-state index contributed by atoms with van der Waals surface area (Å²) in [7, 11) is 0. The minimum absolute atomic E-state index is 0.0597. The number of nitrogens with one attached hydrogen (secondary N) is 1. The van der Waals surface area contributed by atoms with Crippen LogP contribution in [0, 0.1) is 0 Å². The predicted octanol–water partition coefficient (Wildman–Crippen LogP) is 2.34. The molecule has 0 atom stereocenters. The Morgan fingerprint density at radius 1 is 1.38 bits per heavy atom. The lowest BCUT2D eigenvalue weighted by Crippen LogP contribution is -2.20. The summed E-state index contributed by atoms with van der Waals surface area (Å²) in [5.41, 5.74) is 1.01. The van der Waals surface area contributed by atoms with Gasteiger partial charge in [-0.1, -0.05) is 38.4 Å². The van der Waals surface area contributed by atoms with Gasteiger partial charge in [0.1, 0.15) is 4.99 Å². The summed E-state index contributed by atoms with van der Waals surface area (Å²) in [6.45, 7) is 2.19. The Morgan fingerprint density at radius 2 is 2.15 bits per heavy atom. The summed E-state index contributed by atoms with van der Waals surface area (Å²) in [6, 6.07) is 0. The molecule has 1 N–H and O–H groups in total. The molecule has 1 heterocycles. The van der Waals surface area contributed by atoms with Crippen molar-refractivity contribution in [3.05, 3.63) is 11.6 Å². The van der Waals surface area contributed by atoms with E-state index in [-0.39, 0.29) is 5.91 Å². The van der Waals surface area contributed by atoms with Crippen molar-refractivity contribution >= 4 is 23.1 Å². The first-order chi connectivity index (χ1) is 6.24. The van der Waals surface area contributed by atoms with E-state index < -0.39 is 0 Å². The quantitative estimate of drug-likeness (QED) is 0.541. The highest BCUT2D eigenvalue weighted by Gasteiger charge is 2.15. The van der Waals surface area contributed by atoms with E-state index in [0.29, 0.717) is 4.99 Å². The fourth-order valence-electron chi connectivity index (χ4n) is 1.38. The number of carbonyl (C=O) groups is 1. The lowest BCUT2D eigenvalue weighted by molar-refractivity contribution is -0.114. The van der Waals surface area contributed by atoms with Crippen LogP contribution in [0.4, 0.5) is 0 Å². The molecule has 0 aromatic rings. The normalized spacial score (nSPS) is 15.9. The molecule has 72 valence electrons. The summed E-state index contributed by atoms with van der Waals surface area (Å²) in [5.74, 6) is -0.0597. The summed E-state index contributed by atoms with van der Waals surface area (Å²) >= 11 is 5.00. The fraction of sp³-hybridized carbons (Fsp3) is 0.600. The van der Waals surface area contributed by atoms with Crippen molar-refractivity contribution in [3.63, 3.8) is 0 Å². The highest BCUT2D eigenvalue weighted by Crippen LogP contribution is 2.14. The topological polar surface area (TPSA) is 29.1 Å². The van der Waals surface area contributed by atoms with E-state index in [1.165, 1.54) is 19.3 Å². The van der Waals surface area contributed by atoms with Gasteiger partial charge in [-0.25, -0.2) is 0 Å². The Morgan fingerprint density at radius 3 is 2.69 bits per heavy atom. The predicted molar refractivity (Wildman–Crippen MR) is 57.6 cm³/mol. The van der Waals surface area contributed by atoms with Crippen molar-refractivity contribution < 1.29 is 4.79 Å². The Hall–Kier alpha value is -0.700. The lowest BCUT2D eigenvalue weighted by Gasteiger charge is -2.00. The van der Waals surface area contributed by atoms with Crippen LogP contribution in [-0.2, 0) is 4.79 Å². The van der Waals surface area contributed by atoms with Crippen LogP contribution in [0.3, 0.4) is 0 Å². The summed E-state index contributed by atoms with van der Waals surface area (Å²) in [5, 5.41) is 2.61. The molecule has 0 unspecified atom stereocenters. The number of carbonyl (C=O) groups excluding carboxylic acids is 1. The van der Waals surface area contributed by atoms with Gasteiger partial charge in [-0.05, 0) is 18.4 Å². The molecule has 1 aliphatic rings. The maximum absolute atomic E-state index is 10.9. The highest BCUT2D eigenvalue weighted by molar-refractivity contribution is 7.80. The van der Waals surface area contributed by atoms with E-state index in [4.69, 9.17) is 12.2 Å². The summed E-state index contributed by atoms with van der Waals surface area (Å²) < 4.78 is 0. The molecular formula is C10H15NOS. The van der Waals surface area contributed by atoms with Crippen LogP contribution in [0.1, 0.15) is 39.0 Å². The zero-order valence-electron chi connectivity index (χ0n) is 7.93. The molecule has 1 rings (SSSR count). The van der Waals surface area contributed by atoms with Crippen molar-refractivity contribution in [1.29, 1.82) is 0 Å². The van der Waals surface area contributed by atoms with Gasteiger partial charge in [-0.15, -0.1) is 0 Å². The largest absolute Gasteiger partial charge is 0.313 e. The number of thiocarbonyl (C=S) groups is 1. The van der Waals surface area contributed by atoms with Crippen LogP contribution in [0.15, 0.2) is 11.6 Å². The first-order valence-electron chi connectivity index (χ1n) is 4.80. The zero-order valence-corrected chi connectivity index (χ0v) is 8.75. The summed E-state index contributed by atoms with van der Waals surface area (Å²) in [6.07, 6.45) is 7.42. The van der Waals surface area contributed by atoms with E-state index in [0.717, 1.165) is 18.4 Å². The van der Waals surface area contributed by atoms with Crippen molar-refractivity contribution in [3.8, 4) is 0 Å². The molecule has 0 aliphatic carbocycles. The minimum atomic E-state index is -0.0597. The fourth-order valence-corrected chi connectivity index (χ4v) is 1.64. The third-order valence-electron chi connectivity index (χ3n) is 2.13. The average Bonchev–Trinajstić information content (AvgIpc) is 2.39.